The van der Waals surface area contributed by atoms with Crippen LogP contribution in [0.15, 0.2) is 77.3 Å². The van der Waals surface area contributed by atoms with Gasteiger partial charge >= 0.3 is 0 Å². The van der Waals surface area contributed by atoms with Gasteiger partial charge in [-0.2, -0.15) is 0 Å². The molecular weight excluding hydrogens is 344 g/mol. The smallest absolute Gasteiger partial charge is 0.0346 e. The molecule has 1 heteroatoms. The molecule has 0 spiro atoms. The Kier molecular flexibility index (Phi) is 3.42. The highest BCUT2D eigenvalue weighted by atomic mass is 79.9. The van der Waals surface area contributed by atoms with E-state index in [1.807, 2.05) is 0 Å². The molecule has 3 aromatic carbocycles. The number of hydrogen-bond acceptors (Lipinski definition) is 0. The summed E-state index contributed by atoms with van der Waals surface area (Å²) in [6.45, 7) is 4.67. The van der Waals surface area contributed by atoms with Gasteiger partial charge in [-0.15, -0.1) is 0 Å². The molecule has 0 fully saturated rings. The molecule has 0 radical (unpaired) electrons. The fourth-order valence-electron chi connectivity index (χ4n) is 3.96. The van der Waals surface area contributed by atoms with Gasteiger partial charge < -0.3 is 0 Å². The van der Waals surface area contributed by atoms with Gasteiger partial charge in [0.2, 0.25) is 0 Å². The standard InChI is InChI=1S/C22H19Br/c1-22(2)19-9-5-3-7-17(19)21(15-11-13-16(23)14-12-15)18-8-4-6-10-20(18)22/h3-14,21H,1-2H3. The molecule has 0 saturated carbocycles. The first-order valence-corrected chi connectivity index (χ1v) is 8.82. The largest absolute Gasteiger partial charge is 0.0619 e. The molecule has 114 valence electrons. The lowest BCUT2D eigenvalue weighted by atomic mass is 9.64. The summed E-state index contributed by atoms with van der Waals surface area (Å²) in [5.74, 6) is 0.309. The molecule has 0 aliphatic heterocycles. The van der Waals surface area contributed by atoms with E-state index in [4.69, 9.17) is 0 Å². The van der Waals surface area contributed by atoms with Crippen LogP contribution in [0.2, 0.25) is 0 Å². The molecule has 0 bridgehead atoms. The van der Waals surface area contributed by atoms with Crippen LogP contribution in [-0.4, -0.2) is 0 Å². The van der Waals surface area contributed by atoms with E-state index < -0.39 is 0 Å². The molecule has 0 amide bonds. The zero-order valence-electron chi connectivity index (χ0n) is 13.4. The summed E-state index contributed by atoms with van der Waals surface area (Å²) in [5.41, 5.74) is 7.12. The van der Waals surface area contributed by atoms with Crippen LogP contribution in [0.3, 0.4) is 0 Å². The summed E-state index contributed by atoms with van der Waals surface area (Å²) in [7, 11) is 0. The third kappa shape index (κ3) is 2.26. The fourth-order valence-corrected chi connectivity index (χ4v) is 4.23. The highest BCUT2D eigenvalue weighted by Crippen LogP contribution is 2.48. The average molecular weight is 363 g/mol. The van der Waals surface area contributed by atoms with Crippen LogP contribution in [0.5, 0.6) is 0 Å². The van der Waals surface area contributed by atoms with Gasteiger partial charge in [0.25, 0.3) is 0 Å². The Morgan fingerprint density at radius 3 is 1.70 bits per heavy atom. The highest BCUT2D eigenvalue weighted by molar-refractivity contribution is 9.10. The van der Waals surface area contributed by atoms with E-state index in [0.29, 0.717) is 5.92 Å². The minimum Gasteiger partial charge on any atom is -0.0619 e. The third-order valence-electron chi connectivity index (χ3n) is 5.09. The van der Waals surface area contributed by atoms with Crippen molar-refractivity contribution in [1.29, 1.82) is 0 Å². The van der Waals surface area contributed by atoms with Gasteiger partial charge in [0.05, 0.1) is 0 Å². The summed E-state index contributed by atoms with van der Waals surface area (Å²) in [6, 6.07) is 26.6. The van der Waals surface area contributed by atoms with Crippen LogP contribution in [-0.2, 0) is 5.41 Å². The first-order valence-electron chi connectivity index (χ1n) is 8.03. The molecule has 23 heavy (non-hydrogen) atoms. The van der Waals surface area contributed by atoms with Gasteiger partial charge in [-0.05, 0) is 39.9 Å². The van der Waals surface area contributed by atoms with Crippen molar-refractivity contribution in [2.24, 2.45) is 0 Å². The molecule has 4 rings (SSSR count). The second-order valence-corrected chi connectivity index (χ2v) is 7.70. The lowest BCUT2D eigenvalue weighted by Gasteiger charge is -2.39. The van der Waals surface area contributed by atoms with Crippen LogP contribution in [0, 0.1) is 0 Å². The molecule has 1 aliphatic carbocycles. The van der Waals surface area contributed by atoms with Gasteiger partial charge in [-0.25, -0.2) is 0 Å². The Hall–Kier alpha value is -1.86. The number of halogens is 1. The Labute approximate surface area is 146 Å². The monoisotopic (exact) mass is 362 g/mol. The molecule has 0 N–H and O–H groups in total. The molecule has 0 atom stereocenters. The van der Waals surface area contributed by atoms with Gasteiger partial charge in [0.1, 0.15) is 0 Å². The minimum atomic E-state index is 0.0407. The van der Waals surface area contributed by atoms with Crippen LogP contribution in [0.4, 0.5) is 0 Å². The lowest BCUT2D eigenvalue weighted by molar-refractivity contribution is 0.597. The molecule has 0 aromatic heterocycles. The molecule has 0 heterocycles. The van der Waals surface area contributed by atoms with Crippen LogP contribution < -0.4 is 0 Å². The quantitative estimate of drug-likeness (QED) is 0.478. The van der Waals surface area contributed by atoms with Crippen molar-refractivity contribution in [3.05, 3.63) is 105 Å². The number of fused-ring (bicyclic) bond motifs is 2. The first-order chi connectivity index (χ1) is 11.1. The first kappa shape index (κ1) is 14.7. The van der Waals surface area contributed by atoms with Gasteiger partial charge in [-0.1, -0.05) is 90.4 Å². The van der Waals surface area contributed by atoms with Crippen LogP contribution in [0.25, 0.3) is 0 Å². The summed E-state index contributed by atoms with van der Waals surface area (Å²) in [4.78, 5) is 0. The van der Waals surface area contributed by atoms with Crippen molar-refractivity contribution in [3.63, 3.8) is 0 Å². The summed E-state index contributed by atoms with van der Waals surface area (Å²) < 4.78 is 1.12. The van der Waals surface area contributed by atoms with E-state index in [0.717, 1.165) is 4.47 Å². The number of benzene rings is 3. The van der Waals surface area contributed by atoms with Crippen molar-refractivity contribution in [1.82, 2.24) is 0 Å². The van der Waals surface area contributed by atoms with E-state index in [1.54, 1.807) is 0 Å². The Morgan fingerprint density at radius 1 is 0.696 bits per heavy atom. The molecule has 3 aromatic rings. The van der Waals surface area contributed by atoms with E-state index in [2.05, 4.69) is 103 Å². The van der Waals surface area contributed by atoms with E-state index in [9.17, 15) is 0 Å². The third-order valence-corrected chi connectivity index (χ3v) is 5.62. The Morgan fingerprint density at radius 2 is 1.17 bits per heavy atom. The van der Waals surface area contributed by atoms with Crippen molar-refractivity contribution < 1.29 is 0 Å². The second kappa shape index (κ2) is 5.35. The zero-order valence-corrected chi connectivity index (χ0v) is 15.0. The van der Waals surface area contributed by atoms with E-state index in [-0.39, 0.29) is 5.41 Å². The second-order valence-electron chi connectivity index (χ2n) is 6.78. The van der Waals surface area contributed by atoms with Crippen molar-refractivity contribution >= 4 is 15.9 Å². The molecule has 1 aliphatic rings. The van der Waals surface area contributed by atoms with E-state index in [1.165, 1.54) is 27.8 Å². The van der Waals surface area contributed by atoms with Crippen LogP contribution in [0.1, 0.15) is 47.6 Å². The maximum absolute atomic E-state index is 3.55. The molecule has 0 unspecified atom stereocenters. The Bertz CT molecular complexity index is 810. The summed E-state index contributed by atoms with van der Waals surface area (Å²) in [6.07, 6.45) is 0. The summed E-state index contributed by atoms with van der Waals surface area (Å²) in [5, 5.41) is 0. The Balaban J connectivity index is 2.02. The molecule has 0 nitrogen and oxygen atoms in total. The number of hydrogen-bond donors (Lipinski definition) is 0. The van der Waals surface area contributed by atoms with Crippen molar-refractivity contribution in [3.8, 4) is 0 Å². The SMILES string of the molecule is CC1(C)c2ccccc2C(c2ccc(Br)cc2)c2ccccc21. The molecule has 0 saturated heterocycles. The van der Waals surface area contributed by atoms with Crippen molar-refractivity contribution in [2.45, 2.75) is 25.2 Å². The molecular formula is C22H19Br. The average Bonchev–Trinajstić information content (AvgIpc) is 2.57. The van der Waals surface area contributed by atoms with Gasteiger partial charge in [0, 0.05) is 15.8 Å². The maximum Gasteiger partial charge on any atom is 0.0346 e. The van der Waals surface area contributed by atoms with Gasteiger partial charge in [-0.3, -0.25) is 0 Å². The summed E-state index contributed by atoms with van der Waals surface area (Å²) >= 11 is 3.55. The van der Waals surface area contributed by atoms with Gasteiger partial charge in [0.15, 0.2) is 0 Å². The maximum atomic E-state index is 3.55. The normalized spacial score (nSPS) is 15.8. The lowest BCUT2D eigenvalue weighted by Crippen LogP contribution is -2.29. The zero-order chi connectivity index (χ0) is 16.0. The van der Waals surface area contributed by atoms with Crippen LogP contribution >= 0.6 is 15.9 Å². The highest BCUT2D eigenvalue weighted by Gasteiger charge is 2.37. The minimum absolute atomic E-state index is 0.0407. The predicted molar refractivity (Wildman–Crippen MR) is 100 cm³/mol. The number of rotatable bonds is 1. The van der Waals surface area contributed by atoms with Crippen molar-refractivity contribution in [2.75, 3.05) is 0 Å². The fraction of sp³-hybridized carbons (Fsp3) is 0.182. The predicted octanol–water partition coefficient (Wildman–Crippen LogP) is 6.27. The topological polar surface area (TPSA) is 0 Å². The van der Waals surface area contributed by atoms with E-state index >= 15 is 0 Å².